The second-order valence-electron chi connectivity index (χ2n) is 6.91. The molecule has 0 radical (unpaired) electrons. The minimum atomic E-state index is -0.307. The lowest BCUT2D eigenvalue weighted by molar-refractivity contribution is -0.136. The molecule has 2 fully saturated rings. The molecule has 1 aromatic rings. The highest BCUT2D eigenvalue weighted by atomic mass is 16.3. The lowest BCUT2D eigenvalue weighted by Crippen LogP contribution is -2.46. The van der Waals surface area contributed by atoms with Gasteiger partial charge in [0.2, 0.25) is 5.91 Å². The summed E-state index contributed by atoms with van der Waals surface area (Å²) in [6, 6.07) is 2.17. The summed E-state index contributed by atoms with van der Waals surface area (Å²) < 4.78 is 5.60. The molecule has 4 nitrogen and oxygen atoms in total. The van der Waals surface area contributed by atoms with Crippen LogP contribution in [-0.2, 0) is 11.2 Å². The summed E-state index contributed by atoms with van der Waals surface area (Å²) >= 11 is 0. The van der Waals surface area contributed by atoms with E-state index >= 15 is 0 Å². The molecule has 4 atom stereocenters. The van der Waals surface area contributed by atoms with Gasteiger partial charge in [-0.15, -0.1) is 0 Å². The van der Waals surface area contributed by atoms with Crippen molar-refractivity contribution in [2.75, 3.05) is 13.6 Å². The number of carbonyl (C=O) groups is 1. The van der Waals surface area contributed by atoms with Crippen molar-refractivity contribution in [3.8, 4) is 0 Å². The Balaban J connectivity index is 1.62. The summed E-state index contributed by atoms with van der Waals surface area (Å²) in [6.07, 6.45) is 9.20. The van der Waals surface area contributed by atoms with E-state index in [1.165, 1.54) is 37.7 Å². The fourth-order valence-corrected chi connectivity index (χ4v) is 4.83. The molecular formula is C17H24N2O2. The van der Waals surface area contributed by atoms with Crippen molar-refractivity contribution >= 4 is 5.91 Å². The van der Waals surface area contributed by atoms with Gasteiger partial charge in [0.25, 0.3) is 0 Å². The van der Waals surface area contributed by atoms with Crippen LogP contribution in [0.1, 0.15) is 49.5 Å². The van der Waals surface area contributed by atoms with Crippen LogP contribution < -0.4 is 5.32 Å². The Morgan fingerprint density at radius 2 is 2.24 bits per heavy atom. The molecule has 0 saturated heterocycles. The van der Waals surface area contributed by atoms with Gasteiger partial charge < -0.3 is 14.6 Å². The monoisotopic (exact) mass is 288 g/mol. The van der Waals surface area contributed by atoms with Crippen LogP contribution in [0.15, 0.2) is 16.7 Å². The predicted octanol–water partition coefficient (Wildman–Crippen LogP) is 2.50. The minimum absolute atomic E-state index is 0.212. The number of likely N-dealkylation sites (N-methyl/N-ethyl adjacent to an activating group) is 1. The lowest BCUT2D eigenvalue weighted by atomic mass is 9.88. The molecule has 0 aromatic carbocycles. The van der Waals surface area contributed by atoms with E-state index in [-0.39, 0.29) is 11.9 Å². The van der Waals surface area contributed by atoms with Crippen molar-refractivity contribution in [3.05, 3.63) is 23.7 Å². The van der Waals surface area contributed by atoms with Crippen LogP contribution in [0, 0.1) is 11.8 Å². The van der Waals surface area contributed by atoms with E-state index < -0.39 is 0 Å². The van der Waals surface area contributed by atoms with Crippen molar-refractivity contribution in [2.24, 2.45) is 11.8 Å². The van der Waals surface area contributed by atoms with E-state index in [9.17, 15) is 4.79 Å². The number of nitrogens with zero attached hydrogens (tertiary/aromatic N) is 1. The molecule has 1 amide bonds. The molecule has 1 N–H and O–H groups in total. The van der Waals surface area contributed by atoms with Crippen LogP contribution in [0.25, 0.3) is 0 Å². The number of hydrogen-bond acceptors (Lipinski definition) is 3. The van der Waals surface area contributed by atoms with Gasteiger partial charge in [-0.2, -0.15) is 0 Å². The first kappa shape index (κ1) is 13.4. The number of carbonyl (C=O) groups excluding carboxylic acids is 1. The van der Waals surface area contributed by atoms with E-state index in [1.54, 1.807) is 6.26 Å². The molecule has 1 aromatic heterocycles. The molecule has 0 spiro atoms. The molecule has 2 bridgehead atoms. The molecule has 2 heterocycles. The van der Waals surface area contributed by atoms with Gasteiger partial charge in [0.1, 0.15) is 11.8 Å². The van der Waals surface area contributed by atoms with E-state index in [4.69, 9.17) is 4.42 Å². The minimum Gasteiger partial charge on any atom is -0.467 e. The van der Waals surface area contributed by atoms with Gasteiger partial charge in [-0.25, -0.2) is 0 Å². The Bertz CT molecular complexity index is 539. The maximum absolute atomic E-state index is 13.0. The predicted molar refractivity (Wildman–Crippen MR) is 79.8 cm³/mol. The highest BCUT2D eigenvalue weighted by molar-refractivity contribution is 5.84. The largest absolute Gasteiger partial charge is 0.467 e. The Kier molecular flexibility index (Phi) is 3.29. The summed E-state index contributed by atoms with van der Waals surface area (Å²) in [6.45, 7) is 0.845. The van der Waals surface area contributed by atoms with E-state index in [0.29, 0.717) is 6.04 Å². The highest BCUT2D eigenvalue weighted by Gasteiger charge is 2.44. The number of furan rings is 1. The normalized spacial score (nSPS) is 35.7. The van der Waals surface area contributed by atoms with E-state index in [0.717, 1.165) is 30.6 Å². The van der Waals surface area contributed by atoms with Gasteiger partial charge in [0.05, 0.1) is 6.26 Å². The number of nitrogens with one attached hydrogen (secondary N) is 1. The van der Waals surface area contributed by atoms with Crippen LogP contribution >= 0.6 is 0 Å². The van der Waals surface area contributed by atoms with Crippen LogP contribution in [0.3, 0.4) is 0 Å². The van der Waals surface area contributed by atoms with Crippen LogP contribution in [0.5, 0.6) is 0 Å². The Hall–Kier alpha value is -1.29. The molecule has 4 heteroatoms. The highest BCUT2D eigenvalue weighted by Crippen LogP contribution is 2.45. The van der Waals surface area contributed by atoms with Crippen molar-refractivity contribution in [1.29, 1.82) is 0 Å². The summed E-state index contributed by atoms with van der Waals surface area (Å²) in [5.74, 6) is 2.62. The summed E-state index contributed by atoms with van der Waals surface area (Å²) in [4.78, 5) is 15.2. The zero-order valence-electron chi connectivity index (χ0n) is 12.7. The molecule has 2 saturated carbocycles. The van der Waals surface area contributed by atoms with Gasteiger partial charge in [0, 0.05) is 12.6 Å². The maximum Gasteiger partial charge on any atom is 0.247 e. The maximum atomic E-state index is 13.0. The van der Waals surface area contributed by atoms with Gasteiger partial charge in [0.15, 0.2) is 0 Å². The first-order chi connectivity index (χ1) is 10.3. The molecule has 3 aliphatic rings. The molecular weight excluding hydrogens is 264 g/mol. The molecule has 4 unspecified atom stereocenters. The first-order valence-electron chi connectivity index (χ1n) is 8.32. The van der Waals surface area contributed by atoms with Gasteiger partial charge in [-0.05, 0) is 56.2 Å². The fraction of sp³-hybridized carbons (Fsp3) is 0.706. The smallest absolute Gasteiger partial charge is 0.247 e. The lowest BCUT2D eigenvalue weighted by Gasteiger charge is -2.33. The number of hydrogen-bond donors (Lipinski definition) is 1. The van der Waals surface area contributed by atoms with Crippen molar-refractivity contribution < 1.29 is 9.21 Å². The molecule has 1 aliphatic heterocycles. The average molecular weight is 288 g/mol. The SMILES string of the molecule is CNC1C(=O)N(C2CC3CCCC2C3)CCc2ccoc21. The van der Waals surface area contributed by atoms with Crippen LogP contribution in [0.2, 0.25) is 0 Å². The molecule has 2 aliphatic carbocycles. The second kappa shape index (κ2) is 5.16. The average Bonchev–Trinajstić information content (AvgIpc) is 3.02. The molecule has 114 valence electrons. The quantitative estimate of drug-likeness (QED) is 0.909. The molecule has 21 heavy (non-hydrogen) atoms. The zero-order valence-corrected chi connectivity index (χ0v) is 12.7. The Morgan fingerprint density at radius 1 is 1.33 bits per heavy atom. The van der Waals surface area contributed by atoms with E-state index in [2.05, 4.69) is 10.2 Å². The van der Waals surface area contributed by atoms with Gasteiger partial charge in [-0.1, -0.05) is 12.8 Å². The van der Waals surface area contributed by atoms with E-state index in [1.807, 2.05) is 13.1 Å². The Morgan fingerprint density at radius 3 is 3.05 bits per heavy atom. The second-order valence-corrected chi connectivity index (χ2v) is 6.91. The van der Waals surface area contributed by atoms with Gasteiger partial charge >= 0.3 is 0 Å². The number of fused-ring (bicyclic) bond motifs is 3. The number of amides is 1. The third-order valence-corrected chi connectivity index (χ3v) is 5.83. The third-order valence-electron chi connectivity index (χ3n) is 5.83. The fourth-order valence-electron chi connectivity index (χ4n) is 4.83. The zero-order chi connectivity index (χ0) is 14.4. The third kappa shape index (κ3) is 2.11. The molecule has 4 rings (SSSR count). The standard InChI is InChI=1S/C17H24N2O2/c1-18-15-16-12(6-8-21-16)5-7-19(17(15)20)14-10-11-3-2-4-13(14)9-11/h6,8,11,13-15,18H,2-5,7,9-10H2,1H3. The summed E-state index contributed by atoms with van der Waals surface area (Å²) in [7, 11) is 1.85. The first-order valence-corrected chi connectivity index (χ1v) is 8.32. The summed E-state index contributed by atoms with van der Waals surface area (Å²) in [5, 5.41) is 3.16. The Labute approximate surface area is 125 Å². The van der Waals surface area contributed by atoms with Crippen molar-refractivity contribution in [3.63, 3.8) is 0 Å². The van der Waals surface area contributed by atoms with Crippen molar-refractivity contribution in [2.45, 2.75) is 50.6 Å². The number of rotatable bonds is 2. The van der Waals surface area contributed by atoms with Crippen LogP contribution in [0.4, 0.5) is 0 Å². The van der Waals surface area contributed by atoms with Gasteiger partial charge in [-0.3, -0.25) is 4.79 Å². The topological polar surface area (TPSA) is 45.5 Å². The summed E-state index contributed by atoms with van der Waals surface area (Å²) in [5.41, 5.74) is 1.19. The van der Waals surface area contributed by atoms with Crippen molar-refractivity contribution in [1.82, 2.24) is 10.2 Å². The van der Waals surface area contributed by atoms with Crippen LogP contribution in [-0.4, -0.2) is 30.4 Å².